The van der Waals surface area contributed by atoms with Crippen molar-refractivity contribution in [2.24, 2.45) is 35.0 Å². The molecule has 0 heterocycles. The molecule has 0 radical (unpaired) electrons. The van der Waals surface area contributed by atoms with Crippen LogP contribution in [0.25, 0.3) is 0 Å². The van der Waals surface area contributed by atoms with Crippen LogP contribution in [0, 0.1) is 46.3 Å². The topological polar surface area (TPSA) is 23.8 Å². The Kier molecular flexibility index (Phi) is 8.74. The van der Waals surface area contributed by atoms with E-state index in [1.54, 1.807) is 6.42 Å². The first-order chi connectivity index (χ1) is 13.7. The molecule has 3 aliphatic carbocycles. The van der Waals surface area contributed by atoms with E-state index in [1.165, 1.54) is 109 Å². The van der Waals surface area contributed by atoms with E-state index in [9.17, 15) is 5.26 Å². The Bertz CT molecular complexity index is 491. The predicted molar refractivity (Wildman–Crippen MR) is 120 cm³/mol. The molecule has 6 atom stereocenters. The molecule has 160 valence electrons. The van der Waals surface area contributed by atoms with Gasteiger partial charge in [-0.15, -0.1) is 0 Å². The van der Waals surface area contributed by atoms with Crippen molar-refractivity contribution < 1.29 is 0 Å². The maximum absolute atomic E-state index is 10.1. The molecule has 0 spiro atoms. The lowest BCUT2D eigenvalue weighted by molar-refractivity contribution is -0.0181. The molecule has 0 aromatic heterocycles. The zero-order chi connectivity index (χ0) is 19.8. The highest BCUT2D eigenvalue weighted by molar-refractivity contribution is 5.06. The van der Waals surface area contributed by atoms with Crippen LogP contribution >= 0.6 is 0 Å². The van der Waals surface area contributed by atoms with Gasteiger partial charge in [0, 0.05) is 0 Å². The van der Waals surface area contributed by atoms with Gasteiger partial charge in [-0.05, 0) is 81.0 Å². The van der Waals surface area contributed by atoms with Gasteiger partial charge < -0.3 is 0 Å². The smallest absolute Gasteiger partial charge is 0.0689 e. The quantitative estimate of drug-likeness (QED) is 0.345. The molecule has 0 bridgehead atoms. The van der Waals surface area contributed by atoms with Crippen LogP contribution < -0.4 is 0 Å². The molecule has 0 aliphatic heterocycles. The first-order valence-electron chi connectivity index (χ1n) is 13.1. The van der Waals surface area contributed by atoms with Gasteiger partial charge in [0.1, 0.15) is 0 Å². The van der Waals surface area contributed by atoms with Crippen molar-refractivity contribution in [1.82, 2.24) is 0 Å². The van der Waals surface area contributed by atoms with Crippen LogP contribution in [0.2, 0.25) is 0 Å². The molecular formula is C27H47N. The van der Waals surface area contributed by atoms with E-state index >= 15 is 0 Å². The number of rotatable bonds is 10. The minimum absolute atomic E-state index is 0.0393. The van der Waals surface area contributed by atoms with Crippen LogP contribution in [0.1, 0.15) is 129 Å². The average molecular weight is 386 g/mol. The zero-order valence-electron chi connectivity index (χ0n) is 19.1. The lowest BCUT2D eigenvalue weighted by Gasteiger charge is -2.52. The molecule has 0 aromatic rings. The fourth-order valence-corrected chi connectivity index (χ4v) is 7.42. The molecule has 0 saturated heterocycles. The summed E-state index contributed by atoms with van der Waals surface area (Å²) in [5, 5.41) is 10.1. The van der Waals surface area contributed by atoms with Crippen LogP contribution in [-0.4, -0.2) is 0 Å². The van der Waals surface area contributed by atoms with Crippen LogP contribution in [0.15, 0.2) is 0 Å². The summed E-state index contributed by atoms with van der Waals surface area (Å²) in [6.07, 6.45) is 24.9. The van der Waals surface area contributed by atoms with Gasteiger partial charge in [0.05, 0.1) is 11.5 Å². The number of nitriles is 1. The van der Waals surface area contributed by atoms with Crippen LogP contribution in [-0.2, 0) is 0 Å². The molecular weight excluding hydrogens is 338 g/mol. The molecule has 3 fully saturated rings. The second-order valence-corrected chi connectivity index (χ2v) is 10.9. The molecule has 0 aromatic carbocycles. The predicted octanol–water partition coefficient (Wildman–Crippen LogP) is 8.68. The first kappa shape index (κ1) is 22.2. The fraction of sp³-hybridized carbons (Fsp3) is 0.963. The van der Waals surface area contributed by atoms with E-state index in [-0.39, 0.29) is 5.41 Å². The van der Waals surface area contributed by atoms with Gasteiger partial charge >= 0.3 is 0 Å². The van der Waals surface area contributed by atoms with Gasteiger partial charge in [0.15, 0.2) is 0 Å². The van der Waals surface area contributed by atoms with E-state index < -0.39 is 0 Å². The fourth-order valence-electron chi connectivity index (χ4n) is 7.42. The van der Waals surface area contributed by atoms with Gasteiger partial charge in [0.25, 0.3) is 0 Å². The van der Waals surface area contributed by atoms with Crippen LogP contribution in [0.5, 0.6) is 0 Å². The van der Waals surface area contributed by atoms with Crippen molar-refractivity contribution >= 4 is 0 Å². The minimum Gasteiger partial charge on any atom is -0.198 e. The number of fused-ring (bicyclic) bond motifs is 3. The van der Waals surface area contributed by atoms with Crippen molar-refractivity contribution in [2.75, 3.05) is 0 Å². The van der Waals surface area contributed by atoms with Crippen molar-refractivity contribution in [3.05, 3.63) is 0 Å². The third-order valence-corrected chi connectivity index (χ3v) is 9.03. The summed E-state index contributed by atoms with van der Waals surface area (Å²) in [5.74, 6) is 4.93. The number of hydrogen-bond donors (Lipinski definition) is 0. The Morgan fingerprint density at radius 3 is 2.29 bits per heavy atom. The van der Waals surface area contributed by atoms with E-state index in [4.69, 9.17) is 0 Å². The molecule has 28 heavy (non-hydrogen) atoms. The highest BCUT2D eigenvalue weighted by atomic mass is 14.5. The SMILES string of the molecule is CCCCCCCC1(C#N)CCC2C(CCC3CC(CCCCC)CCC32)C1. The summed E-state index contributed by atoms with van der Waals surface area (Å²) in [5.41, 5.74) is 0.0393. The van der Waals surface area contributed by atoms with Crippen molar-refractivity contribution in [3.63, 3.8) is 0 Å². The highest BCUT2D eigenvalue weighted by Crippen LogP contribution is 2.57. The summed E-state index contributed by atoms with van der Waals surface area (Å²) in [7, 11) is 0. The largest absolute Gasteiger partial charge is 0.198 e. The van der Waals surface area contributed by atoms with Crippen molar-refractivity contribution in [1.29, 1.82) is 5.26 Å². The van der Waals surface area contributed by atoms with Gasteiger partial charge in [-0.25, -0.2) is 0 Å². The minimum atomic E-state index is 0.0393. The van der Waals surface area contributed by atoms with Crippen molar-refractivity contribution in [2.45, 2.75) is 129 Å². The second-order valence-electron chi connectivity index (χ2n) is 10.9. The van der Waals surface area contributed by atoms with E-state index in [0.717, 1.165) is 29.6 Å². The average Bonchev–Trinajstić information content (AvgIpc) is 2.73. The Morgan fingerprint density at radius 2 is 1.50 bits per heavy atom. The van der Waals surface area contributed by atoms with Gasteiger partial charge in [-0.2, -0.15) is 5.26 Å². The van der Waals surface area contributed by atoms with E-state index in [1.807, 2.05) is 0 Å². The third-order valence-electron chi connectivity index (χ3n) is 9.03. The molecule has 1 heteroatoms. The normalized spacial score (nSPS) is 37.7. The molecule has 3 saturated carbocycles. The van der Waals surface area contributed by atoms with Crippen LogP contribution in [0.4, 0.5) is 0 Å². The van der Waals surface area contributed by atoms with Crippen LogP contribution in [0.3, 0.4) is 0 Å². The zero-order valence-corrected chi connectivity index (χ0v) is 19.1. The summed E-state index contributed by atoms with van der Waals surface area (Å²) < 4.78 is 0. The second kappa shape index (κ2) is 11.0. The molecule has 1 nitrogen and oxygen atoms in total. The molecule has 0 amide bonds. The molecule has 0 N–H and O–H groups in total. The Morgan fingerprint density at radius 1 is 0.786 bits per heavy atom. The maximum Gasteiger partial charge on any atom is 0.0689 e. The Balaban J connectivity index is 1.49. The van der Waals surface area contributed by atoms with E-state index in [0.29, 0.717) is 0 Å². The molecule has 6 unspecified atom stereocenters. The monoisotopic (exact) mass is 385 g/mol. The van der Waals surface area contributed by atoms with Gasteiger partial charge in [-0.3, -0.25) is 0 Å². The Hall–Kier alpha value is -0.510. The highest BCUT2D eigenvalue weighted by Gasteiger charge is 2.48. The van der Waals surface area contributed by atoms with Gasteiger partial charge in [-0.1, -0.05) is 78.1 Å². The number of hydrogen-bond acceptors (Lipinski definition) is 1. The maximum atomic E-state index is 10.1. The first-order valence-corrected chi connectivity index (χ1v) is 13.1. The molecule has 3 rings (SSSR count). The third kappa shape index (κ3) is 5.55. The van der Waals surface area contributed by atoms with E-state index in [2.05, 4.69) is 19.9 Å². The number of unbranched alkanes of at least 4 members (excludes halogenated alkanes) is 6. The summed E-state index contributed by atoms with van der Waals surface area (Å²) >= 11 is 0. The number of nitrogens with zero attached hydrogens (tertiary/aromatic N) is 1. The lowest BCUT2D eigenvalue weighted by atomic mass is 9.52. The molecule has 3 aliphatic rings. The summed E-state index contributed by atoms with van der Waals surface area (Å²) in [6, 6.07) is 2.85. The van der Waals surface area contributed by atoms with Gasteiger partial charge in [0.2, 0.25) is 0 Å². The van der Waals surface area contributed by atoms with Crippen molar-refractivity contribution in [3.8, 4) is 6.07 Å². The lowest BCUT2D eigenvalue weighted by Crippen LogP contribution is -2.44. The summed E-state index contributed by atoms with van der Waals surface area (Å²) in [6.45, 7) is 4.61. The Labute approximate surface area is 176 Å². The summed E-state index contributed by atoms with van der Waals surface area (Å²) in [4.78, 5) is 0. The standard InChI is InChI=1S/C27H47N/c1-3-5-7-8-10-17-27(21-28)18-16-26-24(20-27)14-13-23-19-22(11-9-6-4-2)12-15-25(23)26/h22-26H,3-20H2,1-2H3.